The molecule has 1 aliphatic rings. The second-order valence-electron chi connectivity index (χ2n) is 6.12. The molecule has 2 aromatic rings. The lowest BCUT2D eigenvalue weighted by Gasteiger charge is -2.10. The zero-order chi connectivity index (χ0) is 18.2. The second kappa shape index (κ2) is 8.85. The van der Waals surface area contributed by atoms with E-state index < -0.39 is 0 Å². The van der Waals surface area contributed by atoms with Crippen LogP contribution in [0.15, 0.2) is 66.7 Å². The van der Waals surface area contributed by atoms with Gasteiger partial charge in [-0.15, -0.1) is 0 Å². The third-order valence-electron chi connectivity index (χ3n) is 4.02. The Bertz CT molecular complexity index is 768. The number of ether oxygens (including phenoxy) is 2. The maximum absolute atomic E-state index is 11.9. The van der Waals surface area contributed by atoms with Crippen LogP contribution in [-0.2, 0) is 14.3 Å². The minimum Gasteiger partial charge on any atom is -0.457 e. The summed E-state index contributed by atoms with van der Waals surface area (Å²) in [7, 11) is 0. The van der Waals surface area contributed by atoms with Gasteiger partial charge in [-0.25, -0.2) is 0 Å². The molecule has 0 radical (unpaired) electrons. The van der Waals surface area contributed by atoms with Crippen molar-refractivity contribution in [1.29, 1.82) is 0 Å². The first-order valence-corrected chi connectivity index (χ1v) is 8.64. The van der Waals surface area contributed by atoms with Crippen LogP contribution >= 0.6 is 0 Å². The number of carbonyl (C=O) groups excluding carboxylic acids is 2. The smallest absolute Gasteiger partial charge is 0.306 e. The molecule has 0 bridgehead atoms. The minimum atomic E-state index is -0.364. The van der Waals surface area contributed by atoms with Crippen LogP contribution < -0.4 is 10.1 Å². The molecule has 5 heteroatoms. The van der Waals surface area contributed by atoms with E-state index in [0.717, 1.165) is 18.6 Å². The molecule has 0 spiro atoms. The lowest BCUT2D eigenvalue weighted by atomic mass is 10.1. The SMILES string of the molecule is O=C(COC(=O)C[C@@H]1C=CCC1)Nc1ccc(Oc2ccccc2)cc1. The Hall–Kier alpha value is -3.08. The number of rotatable bonds is 7. The summed E-state index contributed by atoms with van der Waals surface area (Å²) in [5.74, 6) is 0.946. The highest BCUT2D eigenvalue weighted by Crippen LogP contribution is 2.23. The summed E-state index contributed by atoms with van der Waals surface area (Å²) >= 11 is 0. The van der Waals surface area contributed by atoms with Crippen molar-refractivity contribution >= 4 is 17.6 Å². The Kier molecular flexibility index (Phi) is 6.04. The molecule has 5 nitrogen and oxygen atoms in total. The Morgan fingerprint density at radius 1 is 1.00 bits per heavy atom. The maximum atomic E-state index is 11.9. The summed E-state index contributed by atoms with van der Waals surface area (Å²) in [6, 6.07) is 16.5. The predicted molar refractivity (Wildman–Crippen MR) is 99.0 cm³/mol. The largest absolute Gasteiger partial charge is 0.457 e. The molecule has 0 aromatic heterocycles. The van der Waals surface area contributed by atoms with Crippen molar-refractivity contribution in [2.75, 3.05) is 11.9 Å². The van der Waals surface area contributed by atoms with Gasteiger partial charge in [-0.2, -0.15) is 0 Å². The number of amides is 1. The average Bonchev–Trinajstić information content (AvgIpc) is 3.15. The van der Waals surface area contributed by atoms with Crippen molar-refractivity contribution < 1.29 is 19.1 Å². The third kappa shape index (κ3) is 5.48. The molecular formula is C21H21NO4. The molecule has 0 fully saturated rings. The molecule has 0 aliphatic heterocycles. The number of benzene rings is 2. The second-order valence-corrected chi connectivity index (χ2v) is 6.12. The van der Waals surface area contributed by atoms with Crippen molar-refractivity contribution in [3.05, 3.63) is 66.7 Å². The van der Waals surface area contributed by atoms with Crippen LogP contribution in [0.25, 0.3) is 0 Å². The number of para-hydroxylation sites is 1. The average molecular weight is 351 g/mol. The number of hydrogen-bond donors (Lipinski definition) is 1. The van der Waals surface area contributed by atoms with E-state index >= 15 is 0 Å². The van der Waals surface area contributed by atoms with Crippen molar-refractivity contribution in [3.8, 4) is 11.5 Å². The minimum absolute atomic E-state index is 0.239. The van der Waals surface area contributed by atoms with E-state index in [1.807, 2.05) is 36.4 Å². The molecular weight excluding hydrogens is 330 g/mol. The van der Waals surface area contributed by atoms with Crippen LogP contribution in [0, 0.1) is 5.92 Å². The molecule has 2 aromatic carbocycles. The summed E-state index contributed by atoms with van der Waals surface area (Å²) in [6.07, 6.45) is 6.40. The number of esters is 1. The van der Waals surface area contributed by atoms with Gasteiger partial charge in [-0.3, -0.25) is 9.59 Å². The number of allylic oxidation sites excluding steroid dienone is 2. The molecule has 0 heterocycles. The normalized spacial score (nSPS) is 15.5. The predicted octanol–water partition coefficient (Wildman–Crippen LogP) is 4.32. The zero-order valence-corrected chi connectivity index (χ0v) is 14.4. The molecule has 0 saturated carbocycles. The van der Waals surface area contributed by atoms with Gasteiger partial charge in [-0.1, -0.05) is 30.4 Å². The summed E-state index contributed by atoms with van der Waals surface area (Å²) in [6.45, 7) is -0.280. The first-order valence-electron chi connectivity index (χ1n) is 8.64. The lowest BCUT2D eigenvalue weighted by molar-refractivity contribution is -0.147. The van der Waals surface area contributed by atoms with Gasteiger partial charge in [-0.05, 0) is 55.2 Å². The Balaban J connectivity index is 1.42. The fourth-order valence-corrected chi connectivity index (χ4v) is 2.71. The molecule has 3 rings (SSSR count). The molecule has 1 atom stereocenters. The van der Waals surface area contributed by atoms with E-state index in [-0.39, 0.29) is 24.4 Å². The number of hydrogen-bond acceptors (Lipinski definition) is 4. The van der Waals surface area contributed by atoms with Crippen molar-refractivity contribution in [2.45, 2.75) is 19.3 Å². The van der Waals surface area contributed by atoms with Crippen LogP contribution in [0.5, 0.6) is 11.5 Å². The summed E-state index contributed by atoms with van der Waals surface area (Å²) in [5.41, 5.74) is 0.616. The highest BCUT2D eigenvalue weighted by atomic mass is 16.5. The van der Waals surface area contributed by atoms with Crippen LogP contribution in [0.3, 0.4) is 0 Å². The van der Waals surface area contributed by atoms with Crippen molar-refractivity contribution in [3.63, 3.8) is 0 Å². The van der Waals surface area contributed by atoms with Crippen molar-refractivity contribution in [2.24, 2.45) is 5.92 Å². The van der Waals surface area contributed by atoms with E-state index in [4.69, 9.17) is 9.47 Å². The number of anilines is 1. The third-order valence-corrected chi connectivity index (χ3v) is 4.02. The Labute approximate surface area is 152 Å². The summed E-state index contributed by atoms with van der Waals surface area (Å²) in [4.78, 5) is 23.6. The monoisotopic (exact) mass is 351 g/mol. The fraction of sp³-hybridized carbons (Fsp3) is 0.238. The van der Waals surface area contributed by atoms with Crippen LogP contribution in [-0.4, -0.2) is 18.5 Å². The van der Waals surface area contributed by atoms with Gasteiger partial charge in [0.2, 0.25) is 0 Å². The molecule has 134 valence electrons. The van der Waals surface area contributed by atoms with Gasteiger partial charge in [0.15, 0.2) is 6.61 Å². The van der Waals surface area contributed by atoms with Gasteiger partial charge in [0.05, 0.1) is 6.42 Å². The van der Waals surface area contributed by atoms with E-state index in [2.05, 4.69) is 11.4 Å². The molecule has 0 saturated heterocycles. The molecule has 1 aliphatic carbocycles. The van der Waals surface area contributed by atoms with Gasteiger partial charge in [0, 0.05) is 5.69 Å². The standard InChI is InChI=1S/C21H21NO4/c23-20(15-25-21(24)14-16-6-4-5-7-16)22-17-10-12-19(13-11-17)26-18-8-2-1-3-9-18/h1-4,6,8-13,16H,5,7,14-15H2,(H,22,23)/t16-/m1/s1. The van der Waals surface area contributed by atoms with E-state index in [0.29, 0.717) is 17.9 Å². The van der Waals surface area contributed by atoms with Crippen LogP contribution in [0.1, 0.15) is 19.3 Å². The number of carbonyl (C=O) groups is 2. The maximum Gasteiger partial charge on any atom is 0.306 e. The van der Waals surface area contributed by atoms with Crippen molar-refractivity contribution in [1.82, 2.24) is 0 Å². The van der Waals surface area contributed by atoms with Crippen LogP contribution in [0.4, 0.5) is 5.69 Å². The van der Waals surface area contributed by atoms with Gasteiger partial charge in [0.1, 0.15) is 11.5 Å². The topological polar surface area (TPSA) is 64.6 Å². The van der Waals surface area contributed by atoms with Gasteiger partial charge in [0.25, 0.3) is 5.91 Å². The van der Waals surface area contributed by atoms with E-state index in [1.165, 1.54) is 0 Å². The van der Waals surface area contributed by atoms with E-state index in [9.17, 15) is 9.59 Å². The summed E-state index contributed by atoms with van der Waals surface area (Å²) < 4.78 is 10.7. The highest BCUT2D eigenvalue weighted by Gasteiger charge is 2.16. The molecule has 1 amide bonds. The fourth-order valence-electron chi connectivity index (χ4n) is 2.71. The quantitative estimate of drug-likeness (QED) is 0.596. The van der Waals surface area contributed by atoms with Crippen LogP contribution in [0.2, 0.25) is 0 Å². The molecule has 0 unspecified atom stereocenters. The first-order chi connectivity index (χ1) is 12.7. The molecule has 1 N–H and O–H groups in total. The Morgan fingerprint density at radius 3 is 2.42 bits per heavy atom. The number of nitrogens with one attached hydrogen (secondary N) is 1. The van der Waals surface area contributed by atoms with E-state index in [1.54, 1.807) is 24.3 Å². The Morgan fingerprint density at radius 2 is 1.73 bits per heavy atom. The van der Waals surface area contributed by atoms with Gasteiger partial charge >= 0.3 is 5.97 Å². The highest BCUT2D eigenvalue weighted by molar-refractivity contribution is 5.92. The van der Waals surface area contributed by atoms with Gasteiger partial charge < -0.3 is 14.8 Å². The lowest BCUT2D eigenvalue weighted by Crippen LogP contribution is -2.21. The zero-order valence-electron chi connectivity index (χ0n) is 14.4. The molecule has 26 heavy (non-hydrogen) atoms. The summed E-state index contributed by atoms with van der Waals surface area (Å²) in [5, 5.41) is 2.70. The first kappa shape index (κ1) is 17.7.